The van der Waals surface area contributed by atoms with Gasteiger partial charge in [-0.1, -0.05) is 12.1 Å². The molecule has 0 spiro atoms. The highest BCUT2D eigenvalue weighted by atomic mass is 16.5. The second kappa shape index (κ2) is 7.93. The molecule has 2 atom stereocenters. The number of anilines is 1. The van der Waals surface area contributed by atoms with Crippen molar-refractivity contribution in [2.45, 2.75) is 51.8 Å². The lowest BCUT2D eigenvalue weighted by molar-refractivity contribution is 0.0341. The van der Waals surface area contributed by atoms with Crippen LogP contribution >= 0.6 is 0 Å². The van der Waals surface area contributed by atoms with Crippen LogP contribution in [0.15, 0.2) is 42.6 Å². The number of carbonyl (C=O) groups is 1. The van der Waals surface area contributed by atoms with E-state index in [0.29, 0.717) is 18.2 Å². The lowest BCUT2D eigenvalue weighted by Crippen LogP contribution is -2.48. The topological polar surface area (TPSA) is 67.4 Å². The number of carbonyl (C=O) groups excluding carboxylic acids is 1. The summed E-state index contributed by atoms with van der Waals surface area (Å²) in [5.74, 6) is 0.911. The van der Waals surface area contributed by atoms with Crippen molar-refractivity contribution in [3.05, 3.63) is 53.7 Å². The third kappa shape index (κ3) is 4.00. The van der Waals surface area contributed by atoms with Crippen molar-refractivity contribution in [3.8, 4) is 11.1 Å². The molecule has 6 heteroatoms. The van der Waals surface area contributed by atoms with Crippen LogP contribution in [0.3, 0.4) is 0 Å². The van der Waals surface area contributed by atoms with Crippen LogP contribution in [0.1, 0.15) is 42.6 Å². The summed E-state index contributed by atoms with van der Waals surface area (Å²) in [6.45, 7) is 7.81. The number of ether oxygens (including phenoxy) is 1. The quantitative estimate of drug-likeness (QED) is 0.693. The van der Waals surface area contributed by atoms with Crippen LogP contribution in [0.25, 0.3) is 21.9 Å². The van der Waals surface area contributed by atoms with E-state index in [1.165, 1.54) is 0 Å². The maximum absolute atomic E-state index is 12.5. The van der Waals surface area contributed by atoms with Crippen molar-refractivity contribution in [1.29, 1.82) is 0 Å². The predicted molar refractivity (Wildman–Crippen MR) is 122 cm³/mol. The first kappa shape index (κ1) is 19.9. The lowest BCUT2D eigenvalue weighted by Gasteiger charge is -2.37. The first-order valence-electron chi connectivity index (χ1n) is 11.0. The smallest absolute Gasteiger partial charge is 0.251 e. The minimum absolute atomic E-state index is 0.00752. The van der Waals surface area contributed by atoms with E-state index in [1.807, 2.05) is 24.4 Å². The van der Waals surface area contributed by atoms with Crippen LogP contribution in [0.4, 0.5) is 5.82 Å². The zero-order chi connectivity index (χ0) is 21.5. The first-order chi connectivity index (χ1) is 15.0. The van der Waals surface area contributed by atoms with E-state index >= 15 is 0 Å². The van der Waals surface area contributed by atoms with Gasteiger partial charge in [0.05, 0.1) is 24.9 Å². The molecule has 1 aromatic heterocycles. The van der Waals surface area contributed by atoms with E-state index in [1.54, 1.807) is 0 Å². The summed E-state index contributed by atoms with van der Waals surface area (Å²) >= 11 is 0. The van der Waals surface area contributed by atoms with E-state index in [0.717, 1.165) is 52.7 Å². The molecule has 1 aliphatic heterocycles. The Balaban J connectivity index is 1.51. The number of fused-ring (bicyclic) bond motifs is 1. The molecule has 1 saturated carbocycles. The number of morpholine rings is 1. The van der Waals surface area contributed by atoms with Gasteiger partial charge in [0.25, 0.3) is 5.91 Å². The van der Waals surface area contributed by atoms with Gasteiger partial charge in [0.2, 0.25) is 0 Å². The standard InChI is InChI=1S/C25H28N4O2/c1-15-4-5-19(25(30)27-21-7-8-21)11-23(15)18-6-9-22-20(10-18)12-26-28-24(22)29-13-17(3)31-14-16(29)2/h4-6,9-12,16-17,21H,7-8,13-14H2,1-3H3,(H,27,30)/t16-,17-/m0/s1. The third-order valence-corrected chi connectivity index (χ3v) is 6.24. The van der Waals surface area contributed by atoms with Crippen LogP contribution in [-0.2, 0) is 4.74 Å². The molecule has 1 amide bonds. The summed E-state index contributed by atoms with van der Waals surface area (Å²) in [7, 11) is 0. The summed E-state index contributed by atoms with van der Waals surface area (Å²) < 4.78 is 5.78. The van der Waals surface area contributed by atoms with E-state index in [4.69, 9.17) is 4.74 Å². The predicted octanol–water partition coefficient (Wildman–Crippen LogP) is 4.11. The van der Waals surface area contributed by atoms with Gasteiger partial charge < -0.3 is 15.0 Å². The first-order valence-corrected chi connectivity index (χ1v) is 11.0. The highest BCUT2D eigenvalue weighted by molar-refractivity contribution is 5.98. The number of aromatic nitrogens is 2. The highest BCUT2D eigenvalue weighted by Gasteiger charge is 2.26. The molecule has 6 nitrogen and oxygen atoms in total. The van der Waals surface area contributed by atoms with Crippen LogP contribution in [0.2, 0.25) is 0 Å². The monoisotopic (exact) mass is 416 g/mol. The largest absolute Gasteiger partial charge is 0.375 e. The Morgan fingerprint density at radius 2 is 2.00 bits per heavy atom. The van der Waals surface area contributed by atoms with E-state index in [2.05, 4.69) is 59.4 Å². The van der Waals surface area contributed by atoms with Gasteiger partial charge in [-0.25, -0.2) is 0 Å². The van der Waals surface area contributed by atoms with Crippen molar-refractivity contribution in [1.82, 2.24) is 15.5 Å². The molecule has 5 rings (SSSR count). The second-order valence-electron chi connectivity index (χ2n) is 8.89. The molecule has 3 aromatic rings. The number of rotatable bonds is 4. The van der Waals surface area contributed by atoms with E-state index in [-0.39, 0.29) is 18.1 Å². The molecular formula is C25H28N4O2. The fraction of sp³-hybridized carbons (Fsp3) is 0.400. The van der Waals surface area contributed by atoms with Gasteiger partial charge in [-0.2, -0.15) is 5.10 Å². The molecule has 2 aromatic carbocycles. The summed E-state index contributed by atoms with van der Waals surface area (Å²) in [5.41, 5.74) is 3.99. The molecule has 160 valence electrons. The molecule has 1 N–H and O–H groups in total. The Morgan fingerprint density at radius 3 is 2.81 bits per heavy atom. The van der Waals surface area contributed by atoms with Crippen molar-refractivity contribution in [2.24, 2.45) is 0 Å². The molecule has 1 aliphatic carbocycles. The molecule has 0 radical (unpaired) electrons. The maximum Gasteiger partial charge on any atom is 0.251 e. The lowest BCUT2D eigenvalue weighted by atomic mass is 9.96. The Labute approximate surface area is 182 Å². The van der Waals surface area contributed by atoms with Gasteiger partial charge >= 0.3 is 0 Å². The van der Waals surface area contributed by atoms with Crippen molar-refractivity contribution < 1.29 is 9.53 Å². The third-order valence-electron chi connectivity index (χ3n) is 6.24. The number of benzene rings is 2. The van der Waals surface area contributed by atoms with E-state index < -0.39 is 0 Å². The summed E-state index contributed by atoms with van der Waals surface area (Å²) in [6, 6.07) is 12.9. The number of nitrogens with one attached hydrogen (secondary N) is 1. The van der Waals surface area contributed by atoms with Crippen LogP contribution < -0.4 is 10.2 Å². The SMILES string of the molecule is Cc1ccc(C(=O)NC2CC2)cc1-c1ccc2c(N3C[C@H](C)OC[C@@H]3C)nncc2c1. The van der Waals surface area contributed by atoms with Crippen LogP contribution in [0, 0.1) is 6.92 Å². The van der Waals surface area contributed by atoms with Gasteiger partial charge in [-0.15, -0.1) is 5.10 Å². The molecule has 31 heavy (non-hydrogen) atoms. The number of aryl methyl sites for hydroxylation is 1. The molecule has 2 heterocycles. The maximum atomic E-state index is 12.5. The van der Waals surface area contributed by atoms with Crippen molar-refractivity contribution in [3.63, 3.8) is 0 Å². The minimum atomic E-state index is 0.00752. The van der Waals surface area contributed by atoms with Crippen molar-refractivity contribution in [2.75, 3.05) is 18.1 Å². The average molecular weight is 417 g/mol. The Morgan fingerprint density at radius 1 is 1.16 bits per heavy atom. The van der Waals surface area contributed by atoms with Gasteiger partial charge in [-0.05, 0) is 74.6 Å². The average Bonchev–Trinajstić information content (AvgIpc) is 3.59. The summed E-state index contributed by atoms with van der Waals surface area (Å²) in [5, 5.41) is 14.0. The number of nitrogens with zero attached hydrogens (tertiary/aromatic N) is 3. The molecular weight excluding hydrogens is 388 g/mol. The van der Waals surface area contributed by atoms with Crippen LogP contribution in [0.5, 0.6) is 0 Å². The van der Waals surface area contributed by atoms with Gasteiger partial charge in [0.1, 0.15) is 0 Å². The highest BCUT2D eigenvalue weighted by Crippen LogP contribution is 2.32. The van der Waals surface area contributed by atoms with Gasteiger partial charge in [-0.3, -0.25) is 4.79 Å². The Hall–Kier alpha value is -2.99. The Kier molecular flexibility index (Phi) is 5.10. The van der Waals surface area contributed by atoms with Gasteiger partial charge in [0.15, 0.2) is 5.82 Å². The molecule has 2 fully saturated rings. The molecule has 2 aliphatic rings. The fourth-order valence-corrected chi connectivity index (χ4v) is 4.22. The summed E-state index contributed by atoms with van der Waals surface area (Å²) in [4.78, 5) is 14.8. The zero-order valence-corrected chi connectivity index (χ0v) is 18.3. The van der Waals surface area contributed by atoms with Gasteiger partial charge in [0, 0.05) is 28.9 Å². The second-order valence-corrected chi connectivity index (χ2v) is 8.89. The molecule has 1 saturated heterocycles. The van der Waals surface area contributed by atoms with Crippen molar-refractivity contribution >= 4 is 22.5 Å². The minimum Gasteiger partial charge on any atom is -0.375 e. The molecule has 0 bridgehead atoms. The number of hydrogen-bond acceptors (Lipinski definition) is 5. The van der Waals surface area contributed by atoms with E-state index in [9.17, 15) is 4.79 Å². The number of hydrogen-bond donors (Lipinski definition) is 1. The normalized spacial score (nSPS) is 21.3. The molecule has 0 unspecified atom stereocenters. The zero-order valence-electron chi connectivity index (χ0n) is 18.3. The summed E-state index contributed by atoms with van der Waals surface area (Å²) in [6.07, 6.45) is 4.15. The number of amides is 1. The van der Waals surface area contributed by atoms with Crippen LogP contribution in [-0.4, -0.2) is 47.4 Å². The fourth-order valence-electron chi connectivity index (χ4n) is 4.22. The Bertz CT molecular complexity index is 1140.